The molecule has 0 bridgehead atoms. The van der Waals surface area contributed by atoms with Gasteiger partial charge >= 0.3 is 0 Å². The second-order valence-electron chi connectivity index (χ2n) is 4.32. The lowest BCUT2D eigenvalue weighted by atomic mass is 10.2. The lowest BCUT2D eigenvalue weighted by molar-refractivity contribution is 1.02. The first-order chi connectivity index (χ1) is 10.2. The highest BCUT2D eigenvalue weighted by atomic mass is 35.5. The number of nitrogens with one attached hydrogen (secondary N) is 2. The van der Waals surface area contributed by atoms with Crippen molar-refractivity contribution in [1.82, 2.24) is 19.9 Å². The Balaban J connectivity index is 1.90. The van der Waals surface area contributed by atoms with Gasteiger partial charge in [-0.25, -0.2) is 0 Å². The number of nitrogens with zero attached hydrogens (tertiary/aromatic N) is 4. The van der Waals surface area contributed by atoms with E-state index in [0.717, 1.165) is 16.6 Å². The van der Waals surface area contributed by atoms with Crippen LogP contribution >= 0.6 is 11.6 Å². The second-order valence-corrected chi connectivity index (χ2v) is 4.66. The molecule has 7 heteroatoms. The van der Waals surface area contributed by atoms with Crippen molar-refractivity contribution in [2.45, 2.75) is 6.92 Å². The van der Waals surface area contributed by atoms with Gasteiger partial charge in [-0.15, -0.1) is 0 Å². The molecule has 0 aliphatic heterocycles. The molecule has 0 aliphatic carbocycles. The second kappa shape index (κ2) is 5.88. The molecule has 0 aliphatic rings. The van der Waals surface area contributed by atoms with Crippen molar-refractivity contribution in [3.05, 3.63) is 41.8 Å². The van der Waals surface area contributed by atoms with Crippen LogP contribution in [-0.4, -0.2) is 26.5 Å². The molecule has 3 aromatic rings. The first-order valence-corrected chi connectivity index (χ1v) is 6.89. The summed E-state index contributed by atoms with van der Waals surface area (Å²) >= 11 is 5.89. The summed E-state index contributed by atoms with van der Waals surface area (Å²) < 4.78 is 0. The summed E-state index contributed by atoms with van der Waals surface area (Å²) in [5, 5.41) is 7.31. The third kappa shape index (κ3) is 3.17. The van der Waals surface area contributed by atoms with E-state index in [-0.39, 0.29) is 5.28 Å². The Morgan fingerprint density at radius 1 is 1.10 bits per heavy atom. The predicted molar refractivity (Wildman–Crippen MR) is 84.0 cm³/mol. The number of aromatic nitrogens is 4. The number of benzene rings is 1. The molecule has 106 valence electrons. The van der Waals surface area contributed by atoms with Crippen molar-refractivity contribution in [1.29, 1.82) is 0 Å². The van der Waals surface area contributed by atoms with Gasteiger partial charge in [-0.2, -0.15) is 15.0 Å². The first-order valence-electron chi connectivity index (χ1n) is 6.52. The molecule has 0 atom stereocenters. The van der Waals surface area contributed by atoms with Crippen LogP contribution in [0.3, 0.4) is 0 Å². The number of halogens is 1. The lowest BCUT2D eigenvalue weighted by Crippen LogP contribution is -2.06. The Hall–Kier alpha value is -2.47. The van der Waals surface area contributed by atoms with E-state index < -0.39 is 0 Å². The maximum atomic E-state index is 5.89. The molecule has 0 saturated heterocycles. The van der Waals surface area contributed by atoms with Gasteiger partial charge in [-0.3, -0.25) is 4.98 Å². The van der Waals surface area contributed by atoms with E-state index in [0.29, 0.717) is 18.4 Å². The topological polar surface area (TPSA) is 75.6 Å². The van der Waals surface area contributed by atoms with Crippen LogP contribution in [-0.2, 0) is 0 Å². The molecule has 2 N–H and O–H groups in total. The first kappa shape index (κ1) is 13.5. The normalized spacial score (nSPS) is 10.6. The van der Waals surface area contributed by atoms with Gasteiger partial charge in [-0.1, -0.05) is 6.07 Å². The molecule has 6 nitrogen and oxygen atoms in total. The van der Waals surface area contributed by atoms with Crippen LogP contribution in [0.1, 0.15) is 6.92 Å². The number of fused-ring (bicyclic) bond motifs is 1. The largest absolute Gasteiger partial charge is 0.354 e. The molecule has 0 radical (unpaired) electrons. The molecule has 0 spiro atoms. The third-order valence-corrected chi connectivity index (χ3v) is 2.97. The highest BCUT2D eigenvalue weighted by Gasteiger charge is 2.05. The molecular formula is C14H13ClN6. The van der Waals surface area contributed by atoms with Gasteiger partial charge in [0.05, 0.1) is 5.52 Å². The van der Waals surface area contributed by atoms with Crippen LogP contribution in [0.15, 0.2) is 36.5 Å². The van der Waals surface area contributed by atoms with Gasteiger partial charge < -0.3 is 10.6 Å². The van der Waals surface area contributed by atoms with Gasteiger partial charge in [0, 0.05) is 23.8 Å². The molecule has 0 saturated carbocycles. The summed E-state index contributed by atoms with van der Waals surface area (Å²) in [5.41, 5.74) is 1.80. The Kier molecular flexibility index (Phi) is 3.79. The quantitative estimate of drug-likeness (QED) is 0.770. The Labute approximate surface area is 126 Å². The third-order valence-electron chi connectivity index (χ3n) is 2.80. The van der Waals surface area contributed by atoms with Crippen LogP contribution in [0, 0.1) is 0 Å². The average Bonchev–Trinajstić information content (AvgIpc) is 2.47. The van der Waals surface area contributed by atoms with Crippen LogP contribution in [0.5, 0.6) is 0 Å². The molecule has 0 fully saturated rings. The minimum atomic E-state index is 0.144. The van der Waals surface area contributed by atoms with E-state index in [2.05, 4.69) is 30.6 Å². The number of hydrogen-bond donors (Lipinski definition) is 2. The van der Waals surface area contributed by atoms with Gasteiger partial charge in [-0.05, 0) is 42.8 Å². The van der Waals surface area contributed by atoms with E-state index in [1.165, 1.54) is 0 Å². The fourth-order valence-corrected chi connectivity index (χ4v) is 2.09. The van der Waals surface area contributed by atoms with Crippen molar-refractivity contribution in [2.24, 2.45) is 0 Å². The zero-order valence-corrected chi connectivity index (χ0v) is 12.1. The number of hydrogen-bond acceptors (Lipinski definition) is 6. The fraction of sp³-hybridized carbons (Fsp3) is 0.143. The molecular weight excluding hydrogens is 288 g/mol. The van der Waals surface area contributed by atoms with E-state index in [1.807, 2.05) is 37.3 Å². The highest BCUT2D eigenvalue weighted by molar-refractivity contribution is 6.28. The van der Waals surface area contributed by atoms with Crippen molar-refractivity contribution in [3.63, 3.8) is 0 Å². The summed E-state index contributed by atoms with van der Waals surface area (Å²) in [6.07, 6.45) is 1.77. The van der Waals surface area contributed by atoms with Gasteiger partial charge in [0.25, 0.3) is 0 Å². The predicted octanol–water partition coefficient (Wildman–Crippen LogP) is 3.25. The monoisotopic (exact) mass is 300 g/mol. The van der Waals surface area contributed by atoms with Crippen LogP contribution < -0.4 is 10.6 Å². The standard InChI is InChI=1S/C14H13ClN6/c1-2-16-13-19-12(15)20-14(21-13)18-10-5-6-11-9(8-10)4-3-7-17-11/h3-8H,2H2,1H3,(H2,16,18,19,20,21). The summed E-state index contributed by atoms with van der Waals surface area (Å²) in [6.45, 7) is 2.67. The van der Waals surface area contributed by atoms with E-state index in [1.54, 1.807) is 6.20 Å². The van der Waals surface area contributed by atoms with Crippen molar-refractivity contribution in [2.75, 3.05) is 17.2 Å². The van der Waals surface area contributed by atoms with Crippen LogP contribution in [0.4, 0.5) is 17.6 Å². The van der Waals surface area contributed by atoms with Gasteiger partial charge in [0.15, 0.2) is 0 Å². The molecule has 0 unspecified atom stereocenters. The number of pyridine rings is 1. The summed E-state index contributed by atoms with van der Waals surface area (Å²) in [5.74, 6) is 0.844. The van der Waals surface area contributed by atoms with Gasteiger partial charge in [0.1, 0.15) is 0 Å². The molecule has 2 aromatic heterocycles. The number of anilines is 3. The van der Waals surface area contributed by atoms with E-state index in [4.69, 9.17) is 11.6 Å². The smallest absolute Gasteiger partial charge is 0.233 e. The summed E-state index contributed by atoms with van der Waals surface area (Å²) in [7, 11) is 0. The van der Waals surface area contributed by atoms with Crippen LogP contribution in [0.25, 0.3) is 10.9 Å². The van der Waals surface area contributed by atoms with E-state index in [9.17, 15) is 0 Å². The molecule has 21 heavy (non-hydrogen) atoms. The van der Waals surface area contributed by atoms with Crippen molar-refractivity contribution < 1.29 is 0 Å². The van der Waals surface area contributed by atoms with E-state index >= 15 is 0 Å². The molecule has 0 amide bonds. The Morgan fingerprint density at radius 3 is 2.81 bits per heavy atom. The molecule has 1 aromatic carbocycles. The average molecular weight is 301 g/mol. The number of rotatable bonds is 4. The maximum Gasteiger partial charge on any atom is 0.233 e. The SMILES string of the molecule is CCNc1nc(Cl)nc(Nc2ccc3ncccc3c2)n1. The Morgan fingerprint density at radius 2 is 1.95 bits per heavy atom. The maximum absolute atomic E-state index is 5.89. The lowest BCUT2D eigenvalue weighted by Gasteiger charge is -2.08. The van der Waals surface area contributed by atoms with Crippen molar-refractivity contribution >= 4 is 40.1 Å². The van der Waals surface area contributed by atoms with Gasteiger partial charge in [0.2, 0.25) is 17.2 Å². The fourth-order valence-electron chi connectivity index (χ4n) is 1.93. The highest BCUT2D eigenvalue weighted by Crippen LogP contribution is 2.20. The summed E-state index contributed by atoms with van der Waals surface area (Å²) in [6, 6.07) is 9.73. The zero-order valence-electron chi connectivity index (χ0n) is 11.3. The summed E-state index contributed by atoms with van der Waals surface area (Å²) in [4.78, 5) is 16.6. The van der Waals surface area contributed by atoms with Crippen LogP contribution in [0.2, 0.25) is 5.28 Å². The Bertz CT molecular complexity index is 776. The van der Waals surface area contributed by atoms with Crippen molar-refractivity contribution in [3.8, 4) is 0 Å². The molecule has 2 heterocycles. The zero-order chi connectivity index (χ0) is 14.7. The minimum Gasteiger partial charge on any atom is -0.354 e. The minimum absolute atomic E-state index is 0.144. The molecule has 3 rings (SSSR count).